The molecular weight excluding hydrogens is 316 g/mol. The zero-order valence-corrected chi connectivity index (χ0v) is 13.3. The van der Waals surface area contributed by atoms with Gasteiger partial charge in [0.25, 0.3) is 0 Å². The molecule has 0 aliphatic heterocycles. The number of hydrogen-bond donors (Lipinski definition) is 0. The summed E-state index contributed by atoms with van der Waals surface area (Å²) in [4.78, 5) is 26.5. The van der Waals surface area contributed by atoms with Gasteiger partial charge in [-0.05, 0) is 24.3 Å². The zero-order valence-electron chi connectivity index (χ0n) is 13.3. The van der Waals surface area contributed by atoms with E-state index in [1.54, 1.807) is 53.1 Å². The van der Waals surface area contributed by atoms with E-state index in [4.69, 9.17) is 10.5 Å². The first-order valence-electron chi connectivity index (χ1n) is 7.69. The molecule has 25 heavy (non-hydrogen) atoms. The van der Waals surface area contributed by atoms with E-state index in [0.717, 1.165) is 0 Å². The maximum atomic E-state index is 12.7. The van der Waals surface area contributed by atoms with Crippen LogP contribution in [0.15, 0.2) is 53.3 Å². The first kappa shape index (κ1) is 16.2. The van der Waals surface area contributed by atoms with Crippen molar-refractivity contribution in [2.45, 2.75) is 6.54 Å². The van der Waals surface area contributed by atoms with Gasteiger partial charge >= 0.3 is 0 Å². The first-order chi connectivity index (χ1) is 12.2. The third-order valence-corrected chi connectivity index (χ3v) is 4.05. The second kappa shape index (κ2) is 6.86. The van der Waals surface area contributed by atoms with Crippen molar-refractivity contribution in [2.24, 2.45) is 0 Å². The summed E-state index contributed by atoms with van der Waals surface area (Å²) >= 11 is 0. The number of nitriles is 2. The molecule has 0 N–H and O–H groups in total. The van der Waals surface area contributed by atoms with E-state index in [2.05, 4.69) is 0 Å². The van der Waals surface area contributed by atoms with Crippen LogP contribution < -0.4 is 5.43 Å². The van der Waals surface area contributed by atoms with Crippen LogP contribution in [0.3, 0.4) is 0 Å². The van der Waals surface area contributed by atoms with Gasteiger partial charge in [-0.2, -0.15) is 10.5 Å². The number of rotatable bonds is 4. The standard InChI is InChI=1S/C19H14N4O2/c20-9-11-22(12-10-21)18(24)13-23-16-7-3-1-5-14(16)19(25)15-6-2-4-8-17(15)23/h1-8H,11-13H2. The fraction of sp³-hybridized carbons (Fsp3) is 0.158. The quantitative estimate of drug-likeness (QED) is 0.541. The van der Waals surface area contributed by atoms with E-state index in [0.29, 0.717) is 21.8 Å². The summed E-state index contributed by atoms with van der Waals surface area (Å²) in [5, 5.41) is 18.8. The number of benzene rings is 2. The molecule has 122 valence electrons. The number of hydrogen-bond acceptors (Lipinski definition) is 4. The van der Waals surface area contributed by atoms with Crippen LogP contribution in [0.5, 0.6) is 0 Å². The van der Waals surface area contributed by atoms with Gasteiger partial charge in [0.05, 0.1) is 23.2 Å². The SMILES string of the molecule is N#CCN(CC#N)C(=O)Cn1c2ccccc2c(=O)c2ccccc21. The molecule has 0 unspecified atom stereocenters. The Bertz CT molecular complexity index is 1030. The van der Waals surface area contributed by atoms with E-state index in [9.17, 15) is 9.59 Å². The predicted molar refractivity (Wildman–Crippen MR) is 93.5 cm³/mol. The average molecular weight is 330 g/mol. The molecule has 1 heterocycles. The van der Waals surface area contributed by atoms with Gasteiger partial charge < -0.3 is 9.47 Å². The minimum Gasteiger partial charge on any atom is -0.331 e. The van der Waals surface area contributed by atoms with Crippen molar-refractivity contribution in [2.75, 3.05) is 13.1 Å². The van der Waals surface area contributed by atoms with Crippen LogP contribution in [0.4, 0.5) is 0 Å². The van der Waals surface area contributed by atoms with Gasteiger partial charge in [-0.25, -0.2) is 0 Å². The Hall–Kier alpha value is -3.64. The summed E-state index contributed by atoms with van der Waals surface area (Å²) in [5.41, 5.74) is 1.21. The lowest BCUT2D eigenvalue weighted by atomic mass is 10.1. The lowest BCUT2D eigenvalue weighted by Gasteiger charge is -2.19. The topological polar surface area (TPSA) is 89.9 Å². The van der Waals surface area contributed by atoms with E-state index < -0.39 is 0 Å². The van der Waals surface area contributed by atoms with Crippen LogP contribution >= 0.6 is 0 Å². The van der Waals surface area contributed by atoms with E-state index >= 15 is 0 Å². The van der Waals surface area contributed by atoms with Crippen molar-refractivity contribution in [1.29, 1.82) is 10.5 Å². The van der Waals surface area contributed by atoms with Gasteiger partial charge in [0.2, 0.25) is 5.91 Å². The second-order valence-corrected chi connectivity index (χ2v) is 5.52. The molecule has 6 heteroatoms. The number of fused-ring (bicyclic) bond motifs is 2. The highest BCUT2D eigenvalue weighted by Gasteiger charge is 2.17. The molecule has 0 aliphatic carbocycles. The predicted octanol–water partition coefficient (Wildman–Crippen LogP) is 2.03. The fourth-order valence-corrected chi connectivity index (χ4v) is 2.89. The molecule has 0 fully saturated rings. The van der Waals surface area contributed by atoms with Crippen molar-refractivity contribution in [3.63, 3.8) is 0 Å². The Labute approximate surface area is 143 Å². The molecular formula is C19H14N4O2. The van der Waals surface area contributed by atoms with Crippen LogP contribution in [-0.4, -0.2) is 28.5 Å². The number of pyridine rings is 1. The summed E-state index contributed by atoms with van der Waals surface area (Å²) in [7, 11) is 0. The second-order valence-electron chi connectivity index (χ2n) is 5.52. The molecule has 3 rings (SSSR count). The average Bonchev–Trinajstić information content (AvgIpc) is 2.65. The van der Waals surface area contributed by atoms with E-state index in [1.165, 1.54) is 4.90 Å². The summed E-state index contributed by atoms with van der Waals surface area (Å²) in [6, 6.07) is 18.0. The molecule has 3 aromatic rings. The molecule has 0 bridgehead atoms. The molecule has 0 atom stereocenters. The molecule has 0 radical (unpaired) electrons. The van der Waals surface area contributed by atoms with Gasteiger partial charge in [-0.3, -0.25) is 9.59 Å². The number of aromatic nitrogens is 1. The van der Waals surface area contributed by atoms with Crippen molar-refractivity contribution in [1.82, 2.24) is 9.47 Å². The van der Waals surface area contributed by atoms with Gasteiger partial charge in [0, 0.05) is 10.8 Å². The largest absolute Gasteiger partial charge is 0.331 e. The zero-order chi connectivity index (χ0) is 17.8. The van der Waals surface area contributed by atoms with Crippen molar-refractivity contribution >= 4 is 27.7 Å². The molecule has 0 spiro atoms. The van der Waals surface area contributed by atoms with Gasteiger partial charge in [-0.1, -0.05) is 24.3 Å². The third kappa shape index (κ3) is 2.93. The maximum Gasteiger partial charge on any atom is 0.244 e. The van der Waals surface area contributed by atoms with Crippen LogP contribution in [-0.2, 0) is 11.3 Å². The molecule has 1 amide bonds. The summed E-state index contributed by atoms with van der Waals surface area (Å²) in [6.07, 6.45) is 0. The monoisotopic (exact) mass is 330 g/mol. The van der Waals surface area contributed by atoms with Gasteiger partial charge in [-0.15, -0.1) is 0 Å². The minimum atomic E-state index is -0.345. The Morgan fingerprint density at radius 2 is 1.40 bits per heavy atom. The molecule has 0 aliphatic rings. The fourth-order valence-electron chi connectivity index (χ4n) is 2.89. The number of amides is 1. The number of carbonyl (C=O) groups excluding carboxylic acids is 1. The normalized spacial score (nSPS) is 10.3. The van der Waals surface area contributed by atoms with Crippen LogP contribution in [0.25, 0.3) is 21.8 Å². The van der Waals surface area contributed by atoms with Crippen LogP contribution in [0.1, 0.15) is 0 Å². The van der Waals surface area contributed by atoms with Crippen LogP contribution in [0.2, 0.25) is 0 Å². The lowest BCUT2D eigenvalue weighted by Crippen LogP contribution is -2.35. The molecule has 1 aromatic heterocycles. The summed E-state index contributed by atoms with van der Waals surface area (Å²) < 4.78 is 1.76. The Balaban J connectivity index is 2.19. The lowest BCUT2D eigenvalue weighted by molar-refractivity contribution is -0.130. The number of carbonyl (C=O) groups is 1. The Kier molecular flexibility index (Phi) is 4.45. The first-order valence-corrected chi connectivity index (χ1v) is 7.69. The van der Waals surface area contributed by atoms with E-state index in [1.807, 2.05) is 12.1 Å². The summed E-state index contributed by atoms with van der Waals surface area (Å²) in [5.74, 6) is -0.345. The van der Waals surface area contributed by atoms with Gasteiger partial charge in [0.1, 0.15) is 19.6 Å². The summed E-state index contributed by atoms with van der Waals surface area (Å²) in [6.45, 7) is -0.352. The van der Waals surface area contributed by atoms with Crippen LogP contribution in [0, 0.1) is 22.7 Å². The smallest absolute Gasteiger partial charge is 0.244 e. The number of nitrogens with zero attached hydrogens (tertiary/aromatic N) is 4. The maximum absolute atomic E-state index is 12.7. The minimum absolute atomic E-state index is 0.0509. The highest BCUT2D eigenvalue weighted by Crippen LogP contribution is 2.19. The van der Waals surface area contributed by atoms with Gasteiger partial charge in [0.15, 0.2) is 5.43 Å². The Morgan fingerprint density at radius 3 is 1.88 bits per heavy atom. The third-order valence-electron chi connectivity index (χ3n) is 4.05. The molecule has 2 aromatic carbocycles. The highest BCUT2D eigenvalue weighted by molar-refractivity contribution is 5.94. The highest BCUT2D eigenvalue weighted by atomic mass is 16.2. The molecule has 0 saturated carbocycles. The van der Waals surface area contributed by atoms with E-state index in [-0.39, 0.29) is 31.0 Å². The van der Waals surface area contributed by atoms with Crippen molar-refractivity contribution < 1.29 is 4.79 Å². The van der Waals surface area contributed by atoms with Crippen molar-refractivity contribution in [3.05, 3.63) is 58.8 Å². The van der Waals surface area contributed by atoms with Crippen molar-refractivity contribution in [3.8, 4) is 12.1 Å². The Morgan fingerprint density at radius 1 is 0.920 bits per heavy atom. The number of para-hydroxylation sites is 2. The molecule has 6 nitrogen and oxygen atoms in total. The molecule has 0 saturated heterocycles.